The van der Waals surface area contributed by atoms with Gasteiger partial charge in [-0.15, -0.1) is 6.58 Å². The Bertz CT molecular complexity index is 1430. The van der Waals surface area contributed by atoms with Crippen LogP contribution in [0, 0.1) is 0 Å². The van der Waals surface area contributed by atoms with Crippen LogP contribution in [0.15, 0.2) is 46.5 Å². The molecule has 2 aliphatic rings. The van der Waals surface area contributed by atoms with Crippen molar-refractivity contribution in [3.8, 4) is 5.75 Å². The Morgan fingerprint density at radius 2 is 1.89 bits per heavy atom. The van der Waals surface area contributed by atoms with Gasteiger partial charge in [0.05, 0.1) is 13.2 Å². The lowest BCUT2D eigenvalue weighted by Crippen LogP contribution is -2.35. The van der Waals surface area contributed by atoms with Gasteiger partial charge in [-0.3, -0.25) is 23.7 Å². The normalized spacial score (nSPS) is 25.2. The van der Waals surface area contributed by atoms with Crippen molar-refractivity contribution in [3.05, 3.63) is 63.3 Å². The molecule has 2 fully saturated rings. The number of hydrogen-bond acceptors (Lipinski definition) is 10. The number of carbonyl (C=O) groups excluding carboxylic acids is 1. The molecule has 36 heavy (non-hydrogen) atoms. The van der Waals surface area contributed by atoms with E-state index in [0.29, 0.717) is 11.3 Å². The molecule has 2 aliphatic heterocycles. The maximum Gasteiger partial charge on any atom is 0.330 e. The monoisotopic (exact) mass is 499 g/mol. The number of aromatic amines is 1. The number of nitrogen functional groups attached to an aromatic ring is 1. The zero-order valence-electron chi connectivity index (χ0n) is 19.3. The van der Waals surface area contributed by atoms with Crippen LogP contribution < -0.4 is 21.7 Å². The fourth-order valence-corrected chi connectivity index (χ4v) is 4.64. The fraction of sp³-hybridized carbons (Fsp3) is 0.391. The van der Waals surface area contributed by atoms with Crippen LogP contribution >= 0.6 is 0 Å². The van der Waals surface area contributed by atoms with Gasteiger partial charge in [0.1, 0.15) is 30.2 Å². The summed E-state index contributed by atoms with van der Waals surface area (Å²) in [6.45, 7) is 4.71. The first-order chi connectivity index (χ1) is 17.3. The zero-order chi connectivity index (χ0) is 25.6. The van der Waals surface area contributed by atoms with E-state index in [9.17, 15) is 19.5 Å². The molecule has 2 saturated heterocycles. The van der Waals surface area contributed by atoms with Crippen molar-refractivity contribution in [2.24, 2.45) is 0 Å². The van der Waals surface area contributed by atoms with Crippen LogP contribution in [0.2, 0.25) is 0 Å². The van der Waals surface area contributed by atoms with E-state index < -0.39 is 47.9 Å². The Balaban J connectivity index is 1.44. The molecule has 0 amide bonds. The summed E-state index contributed by atoms with van der Waals surface area (Å²) >= 11 is 0. The molecule has 3 aromatic rings. The molecule has 13 nitrogen and oxygen atoms in total. The number of nitrogens with one attached hydrogen (secondary N) is 1. The first-order valence-electron chi connectivity index (χ1n) is 11.3. The highest BCUT2D eigenvalue weighted by Crippen LogP contribution is 2.41. The van der Waals surface area contributed by atoms with Gasteiger partial charge in [-0.05, 0) is 12.1 Å². The number of hydrogen-bond donors (Lipinski definition) is 3. The SMILES string of the molecule is C=CCn1c(=O)n(CC2O[C@H](CO)[C@H]3OC(c4ccc(OC(C)=O)cc4)O[C@@H]23)c2nc(N)[nH]c(=O)c21. The maximum absolute atomic E-state index is 13.2. The molecule has 0 bridgehead atoms. The van der Waals surface area contributed by atoms with E-state index >= 15 is 0 Å². The maximum atomic E-state index is 13.2. The lowest BCUT2D eigenvalue weighted by Gasteiger charge is -2.20. The number of allylic oxidation sites excluding steroid dienone is 1. The molecule has 13 heteroatoms. The summed E-state index contributed by atoms with van der Waals surface area (Å²) in [6, 6.07) is 6.66. The molecule has 0 radical (unpaired) electrons. The number of fused-ring (bicyclic) bond motifs is 2. The topological polar surface area (TPSA) is 173 Å². The van der Waals surface area contributed by atoms with Crippen molar-refractivity contribution in [3.63, 3.8) is 0 Å². The quantitative estimate of drug-likeness (QED) is 0.225. The number of aliphatic hydroxyl groups excluding tert-OH is 1. The number of nitrogens with zero attached hydrogens (tertiary/aromatic N) is 3. The van der Waals surface area contributed by atoms with Crippen LogP contribution in [-0.4, -0.2) is 61.2 Å². The van der Waals surface area contributed by atoms with Gasteiger partial charge in [-0.2, -0.15) is 4.98 Å². The smallest absolute Gasteiger partial charge is 0.330 e. The van der Waals surface area contributed by atoms with Crippen LogP contribution in [0.25, 0.3) is 11.2 Å². The van der Waals surface area contributed by atoms with Gasteiger partial charge in [0.2, 0.25) is 5.95 Å². The van der Waals surface area contributed by atoms with E-state index in [1.165, 1.54) is 22.1 Å². The third-order valence-electron chi connectivity index (χ3n) is 6.12. The highest BCUT2D eigenvalue weighted by molar-refractivity contribution is 5.71. The van der Waals surface area contributed by atoms with E-state index in [0.717, 1.165) is 0 Å². The highest BCUT2D eigenvalue weighted by atomic mass is 16.8. The van der Waals surface area contributed by atoms with Gasteiger partial charge >= 0.3 is 11.7 Å². The van der Waals surface area contributed by atoms with Gasteiger partial charge in [-0.25, -0.2) is 4.79 Å². The fourth-order valence-electron chi connectivity index (χ4n) is 4.64. The summed E-state index contributed by atoms with van der Waals surface area (Å²) in [5.41, 5.74) is 5.55. The Hall–Kier alpha value is -3.78. The van der Waals surface area contributed by atoms with E-state index in [1.54, 1.807) is 24.3 Å². The van der Waals surface area contributed by atoms with Gasteiger partial charge < -0.3 is 29.8 Å². The van der Waals surface area contributed by atoms with Gasteiger partial charge in [-0.1, -0.05) is 18.2 Å². The predicted molar refractivity (Wildman–Crippen MR) is 125 cm³/mol. The summed E-state index contributed by atoms with van der Waals surface area (Å²) in [7, 11) is 0. The number of rotatable bonds is 7. The van der Waals surface area contributed by atoms with Gasteiger partial charge in [0, 0.05) is 19.0 Å². The van der Waals surface area contributed by atoms with E-state index in [4.69, 9.17) is 24.7 Å². The van der Waals surface area contributed by atoms with Crippen molar-refractivity contribution in [1.82, 2.24) is 19.1 Å². The second-order valence-electron chi connectivity index (χ2n) is 8.51. The standard InChI is InChI=1S/C23H25N5O8/c1-3-8-27-16-19(25-22(24)26-20(16)31)28(23(27)32)9-14-17-18(15(10-29)34-14)36-21(35-17)12-4-6-13(7-5-12)33-11(2)30/h3-7,14-15,17-18,21,29H,1,8-10H2,2H3,(H3,24,25,26,31)/t14?,15-,17+,18-,21?/m1/s1. The molecule has 0 spiro atoms. The van der Waals surface area contributed by atoms with Gasteiger partial charge in [0.15, 0.2) is 17.5 Å². The van der Waals surface area contributed by atoms with Crippen LogP contribution in [0.3, 0.4) is 0 Å². The lowest BCUT2D eigenvalue weighted by molar-refractivity contribution is -0.140. The molecule has 2 unspecified atom stereocenters. The van der Waals surface area contributed by atoms with E-state index in [-0.39, 0.29) is 36.8 Å². The van der Waals surface area contributed by atoms with E-state index in [1.807, 2.05) is 0 Å². The molecule has 2 aromatic heterocycles. The van der Waals surface area contributed by atoms with Crippen LogP contribution in [0.1, 0.15) is 18.8 Å². The summed E-state index contributed by atoms with van der Waals surface area (Å²) in [5, 5.41) is 9.88. The van der Waals surface area contributed by atoms with Crippen LogP contribution in [-0.2, 0) is 32.1 Å². The number of ether oxygens (including phenoxy) is 4. The Morgan fingerprint density at radius 1 is 1.19 bits per heavy atom. The van der Waals surface area contributed by atoms with Crippen molar-refractivity contribution < 1.29 is 28.8 Å². The summed E-state index contributed by atoms with van der Waals surface area (Å²) in [5.74, 6) is -0.177. The number of benzene rings is 1. The Kier molecular flexibility index (Phi) is 6.22. The third kappa shape index (κ3) is 4.11. The zero-order valence-corrected chi connectivity index (χ0v) is 19.3. The second kappa shape index (κ2) is 9.35. The average molecular weight is 499 g/mol. The molecule has 190 valence electrons. The first kappa shape index (κ1) is 23.9. The largest absolute Gasteiger partial charge is 0.427 e. The van der Waals surface area contributed by atoms with Gasteiger partial charge in [0.25, 0.3) is 5.56 Å². The third-order valence-corrected chi connectivity index (χ3v) is 6.12. The number of aliphatic hydroxyl groups is 1. The first-order valence-corrected chi connectivity index (χ1v) is 11.3. The van der Waals surface area contributed by atoms with Crippen LogP contribution in [0.4, 0.5) is 5.95 Å². The molecule has 1 aromatic carbocycles. The number of imidazole rings is 1. The number of H-pyrrole nitrogens is 1. The minimum atomic E-state index is -0.762. The van der Waals surface area contributed by atoms with Crippen molar-refractivity contribution in [2.45, 2.75) is 50.7 Å². The number of esters is 1. The molecule has 4 N–H and O–H groups in total. The van der Waals surface area contributed by atoms with Crippen molar-refractivity contribution in [1.29, 1.82) is 0 Å². The average Bonchev–Trinajstić information content (AvgIpc) is 3.47. The second-order valence-corrected chi connectivity index (χ2v) is 8.51. The number of anilines is 1. The lowest BCUT2D eigenvalue weighted by atomic mass is 10.1. The van der Waals surface area contributed by atoms with Crippen LogP contribution in [0.5, 0.6) is 5.75 Å². The number of nitrogens with two attached hydrogens (primary N) is 1. The minimum absolute atomic E-state index is 0.0193. The Labute approximate surface area is 203 Å². The highest BCUT2D eigenvalue weighted by Gasteiger charge is 2.53. The molecule has 5 atom stereocenters. The number of carbonyl (C=O) groups is 1. The van der Waals surface area contributed by atoms with Crippen molar-refractivity contribution >= 4 is 23.1 Å². The van der Waals surface area contributed by atoms with Crippen molar-refractivity contribution in [2.75, 3.05) is 12.3 Å². The molecule has 4 heterocycles. The molecular formula is C23H25N5O8. The summed E-state index contributed by atoms with van der Waals surface area (Å²) in [6.07, 6.45) is -1.87. The minimum Gasteiger partial charge on any atom is -0.427 e. The predicted octanol–water partition coefficient (Wildman–Crippen LogP) is -0.178. The molecule has 0 aliphatic carbocycles. The summed E-state index contributed by atoms with van der Waals surface area (Å²) < 4.78 is 25.8. The summed E-state index contributed by atoms with van der Waals surface area (Å²) in [4.78, 5) is 43.5. The molecule has 0 saturated carbocycles. The Morgan fingerprint density at radius 3 is 2.53 bits per heavy atom. The molecule has 5 rings (SSSR count). The molecular weight excluding hydrogens is 474 g/mol. The number of aromatic nitrogens is 4. The van der Waals surface area contributed by atoms with E-state index in [2.05, 4.69) is 16.5 Å².